The zero-order chi connectivity index (χ0) is 14.8. The molecule has 1 aromatic carbocycles. The minimum atomic E-state index is -0.271. The number of nitrogens with zero attached hydrogens (tertiary/aromatic N) is 3. The summed E-state index contributed by atoms with van der Waals surface area (Å²) in [5.41, 5.74) is 0.303. The molecule has 2 heterocycles. The van der Waals surface area contributed by atoms with Gasteiger partial charge in [0.1, 0.15) is 6.10 Å². The van der Waals surface area contributed by atoms with Gasteiger partial charge in [0.2, 0.25) is 5.82 Å². The molecule has 112 valence electrons. The topological polar surface area (TPSA) is 91.9 Å². The van der Waals surface area contributed by atoms with Crippen LogP contribution >= 0.6 is 0 Å². The van der Waals surface area contributed by atoms with Crippen LogP contribution in [0.2, 0.25) is 0 Å². The summed E-state index contributed by atoms with van der Waals surface area (Å²) in [4.78, 5) is 6.52. The molecule has 7 heteroatoms. The molecule has 3 rings (SSSR count). The molecule has 21 heavy (non-hydrogen) atoms. The highest BCUT2D eigenvalue weighted by atomic mass is 16.5. The van der Waals surface area contributed by atoms with E-state index in [9.17, 15) is 10.2 Å². The van der Waals surface area contributed by atoms with Gasteiger partial charge in [-0.2, -0.15) is 4.98 Å². The summed E-state index contributed by atoms with van der Waals surface area (Å²) < 4.78 is 10.8. The number of morpholine rings is 1. The van der Waals surface area contributed by atoms with E-state index in [1.807, 2.05) is 0 Å². The molecular weight excluding hydrogens is 274 g/mol. The first-order valence-electron chi connectivity index (χ1n) is 6.88. The Balaban J connectivity index is 1.85. The number of hydrogen-bond acceptors (Lipinski definition) is 7. The van der Waals surface area contributed by atoms with Crippen molar-refractivity contribution in [3.63, 3.8) is 0 Å². The van der Waals surface area contributed by atoms with E-state index in [1.54, 1.807) is 12.1 Å². The fourth-order valence-corrected chi connectivity index (χ4v) is 2.32. The van der Waals surface area contributed by atoms with Gasteiger partial charge in [0, 0.05) is 13.1 Å². The Morgan fingerprint density at radius 1 is 1.38 bits per heavy atom. The smallest absolute Gasteiger partial charge is 0.261 e. The van der Waals surface area contributed by atoms with Crippen molar-refractivity contribution in [2.45, 2.75) is 13.0 Å². The lowest BCUT2D eigenvalue weighted by molar-refractivity contribution is -0.0334. The van der Waals surface area contributed by atoms with Gasteiger partial charge in [0.25, 0.3) is 5.89 Å². The van der Waals surface area contributed by atoms with Gasteiger partial charge >= 0.3 is 0 Å². The third kappa shape index (κ3) is 2.70. The van der Waals surface area contributed by atoms with Gasteiger partial charge < -0.3 is 19.5 Å². The van der Waals surface area contributed by atoms with Crippen LogP contribution in [-0.4, -0.2) is 51.5 Å². The van der Waals surface area contributed by atoms with Crippen LogP contribution < -0.4 is 0 Å². The summed E-state index contributed by atoms with van der Waals surface area (Å²) in [6.45, 7) is 5.26. The highest BCUT2D eigenvalue weighted by Gasteiger charge is 2.26. The lowest BCUT2D eigenvalue weighted by Crippen LogP contribution is -2.38. The van der Waals surface area contributed by atoms with Gasteiger partial charge in [0.05, 0.1) is 12.2 Å². The number of likely N-dealkylation sites (N-methyl/N-ethyl adjacent to an activating group) is 1. The molecule has 1 aliphatic heterocycles. The van der Waals surface area contributed by atoms with Crippen LogP contribution in [0, 0.1) is 0 Å². The fraction of sp³-hybridized carbons (Fsp3) is 0.429. The Labute approximate surface area is 121 Å². The average Bonchev–Trinajstić information content (AvgIpc) is 3.00. The average molecular weight is 291 g/mol. The third-order valence-corrected chi connectivity index (χ3v) is 3.57. The molecule has 0 spiro atoms. The zero-order valence-corrected chi connectivity index (χ0v) is 11.7. The van der Waals surface area contributed by atoms with Crippen LogP contribution in [0.25, 0.3) is 11.5 Å². The molecular formula is C14H17N3O4. The van der Waals surface area contributed by atoms with E-state index in [0.717, 1.165) is 13.1 Å². The summed E-state index contributed by atoms with van der Waals surface area (Å²) in [5, 5.41) is 23.3. The number of aromatic hydroxyl groups is 2. The minimum absolute atomic E-state index is 0.163. The first-order chi connectivity index (χ1) is 10.2. The summed E-state index contributed by atoms with van der Waals surface area (Å²) in [6.07, 6.45) is -0.240. The molecule has 1 saturated heterocycles. The zero-order valence-electron chi connectivity index (χ0n) is 11.7. The van der Waals surface area contributed by atoms with Gasteiger partial charge in [-0.05, 0) is 18.7 Å². The van der Waals surface area contributed by atoms with Crippen molar-refractivity contribution in [3.8, 4) is 23.0 Å². The third-order valence-electron chi connectivity index (χ3n) is 3.57. The molecule has 0 bridgehead atoms. The van der Waals surface area contributed by atoms with Crippen molar-refractivity contribution in [1.29, 1.82) is 0 Å². The quantitative estimate of drug-likeness (QED) is 0.829. The summed E-state index contributed by atoms with van der Waals surface area (Å²) in [6, 6.07) is 4.59. The number of aromatic nitrogens is 2. The second-order valence-electron chi connectivity index (χ2n) is 4.88. The molecule has 1 aliphatic rings. The Kier molecular flexibility index (Phi) is 3.76. The van der Waals surface area contributed by atoms with Crippen LogP contribution in [0.15, 0.2) is 22.7 Å². The highest BCUT2D eigenvalue weighted by molar-refractivity contribution is 5.66. The number of rotatable bonds is 3. The molecule has 2 N–H and O–H groups in total. The van der Waals surface area contributed by atoms with E-state index in [1.165, 1.54) is 6.07 Å². The largest absolute Gasteiger partial charge is 0.504 e. The van der Waals surface area contributed by atoms with Crippen LogP contribution in [0.4, 0.5) is 0 Å². The number of ether oxygens (including phenoxy) is 1. The lowest BCUT2D eigenvalue weighted by atomic mass is 10.2. The number of phenolic OH excluding ortho intramolecular Hbond substituents is 2. The molecule has 7 nitrogen and oxygen atoms in total. The Bertz CT molecular complexity index is 628. The van der Waals surface area contributed by atoms with Gasteiger partial charge in [0.15, 0.2) is 11.5 Å². The predicted octanol–water partition coefficient (Wildman–Crippen LogP) is 1.54. The molecule has 1 unspecified atom stereocenters. The van der Waals surface area contributed by atoms with E-state index in [2.05, 4.69) is 22.0 Å². The van der Waals surface area contributed by atoms with E-state index >= 15 is 0 Å². The van der Waals surface area contributed by atoms with Crippen molar-refractivity contribution in [2.75, 3.05) is 26.2 Å². The van der Waals surface area contributed by atoms with Gasteiger partial charge in [-0.3, -0.25) is 4.90 Å². The van der Waals surface area contributed by atoms with Crippen molar-refractivity contribution < 1.29 is 19.5 Å². The molecule has 0 amide bonds. The molecule has 1 aromatic heterocycles. The maximum atomic E-state index is 9.83. The first-order valence-corrected chi connectivity index (χ1v) is 6.88. The number of benzene rings is 1. The molecule has 1 atom stereocenters. The van der Waals surface area contributed by atoms with E-state index in [-0.39, 0.29) is 23.5 Å². The van der Waals surface area contributed by atoms with Gasteiger partial charge in [-0.1, -0.05) is 18.1 Å². The van der Waals surface area contributed by atoms with Crippen molar-refractivity contribution in [3.05, 3.63) is 24.0 Å². The summed E-state index contributed by atoms with van der Waals surface area (Å²) in [5.74, 6) is 0.118. The van der Waals surface area contributed by atoms with Gasteiger partial charge in [-0.25, -0.2) is 0 Å². The lowest BCUT2D eigenvalue weighted by Gasteiger charge is -2.30. The van der Waals surface area contributed by atoms with Crippen molar-refractivity contribution in [1.82, 2.24) is 15.0 Å². The number of phenols is 2. The van der Waals surface area contributed by atoms with Crippen LogP contribution in [0.5, 0.6) is 11.5 Å². The SMILES string of the molecule is CCN1CCOC(c2noc(-c3cccc(O)c3O)n2)C1. The van der Waals surface area contributed by atoms with Crippen LogP contribution in [-0.2, 0) is 4.74 Å². The Hall–Kier alpha value is -2.12. The monoisotopic (exact) mass is 291 g/mol. The molecule has 2 aromatic rings. The standard InChI is InChI=1S/C14H17N3O4/c1-2-17-6-7-20-11(8-17)13-15-14(21-16-13)9-4-3-5-10(18)12(9)19/h3-5,11,18-19H,2,6-8H2,1H3. The van der Waals surface area contributed by atoms with Crippen LogP contribution in [0.3, 0.4) is 0 Å². The number of para-hydroxylation sites is 1. The normalized spacial score (nSPS) is 19.8. The van der Waals surface area contributed by atoms with Crippen molar-refractivity contribution >= 4 is 0 Å². The fourth-order valence-electron chi connectivity index (χ4n) is 2.32. The maximum absolute atomic E-state index is 9.83. The first kappa shape index (κ1) is 13.8. The summed E-state index contributed by atoms with van der Waals surface area (Å²) in [7, 11) is 0. The molecule has 0 radical (unpaired) electrons. The minimum Gasteiger partial charge on any atom is -0.504 e. The van der Waals surface area contributed by atoms with E-state index in [4.69, 9.17) is 9.26 Å². The second-order valence-corrected chi connectivity index (χ2v) is 4.88. The molecule has 1 fully saturated rings. The Morgan fingerprint density at radius 2 is 2.24 bits per heavy atom. The van der Waals surface area contributed by atoms with Crippen LogP contribution in [0.1, 0.15) is 18.9 Å². The predicted molar refractivity (Wildman–Crippen MR) is 73.9 cm³/mol. The van der Waals surface area contributed by atoms with E-state index in [0.29, 0.717) is 24.5 Å². The van der Waals surface area contributed by atoms with Gasteiger partial charge in [-0.15, -0.1) is 0 Å². The van der Waals surface area contributed by atoms with E-state index < -0.39 is 0 Å². The second kappa shape index (κ2) is 5.71. The highest BCUT2D eigenvalue weighted by Crippen LogP contribution is 2.35. The molecule has 0 aliphatic carbocycles. The summed E-state index contributed by atoms with van der Waals surface area (Å²) >= 11 is 0. The Morgan fingerprint density at radius 3 is 3.05 bits per heavy atom. The van der Waals surface area contributed by atoms with Crippen molar-refractivity contribution in [2.24, 2.45) is 0 Å². The molecule has 0 saturated carbocycles. The maximum Gasteiger partial charge on any atom is 0.261 e. The number of hydrogen-bond donors (Lipinski definition) is 2.